The van der Waals surface area contributed by atoms with Gasteiger partial charge in [0.25, 0.3) is 0 Å². The number of primary amides is 1. The van der Waals surface area contributed by atoms with Crippen LogP contribution in [0.2, 0.25) is 0 Å². The van der Waals surface area contributed by atoms with Gasteiger partial charge in [-0.2, -0.15) is 0 Å². The van der Waals surface area contributed by atoms with Crippen LogP contribution in [0.15, 0.2) is 18.2 Å². The van der Waals surface area contributed by atoms with Gasteiger partial charge in [0, 0.05) is 13.1 Å². The number of urea groups is 1. The van der Waals surface area contributed by atoms with E-state index in [2.05, 4.69) is 10.3 Å². The van der Waals surface area contributed by atoms with Crippen molar-refractivity contribution in [3.05, 3.63) is 29.8 Å². The van der Waals surface area contributed by atoms with Gasteiger partial charge in [0.1, 0.15) is 11.6 Å². The molecule has 7 heteroatoms. The Hall–Kier alpha value is -1.82. The number of alkyl halides is 1. The monoisotopic (exact) mass is 270 g/mol. The number of hydrogen-bond acceptors (Lipinski definition) is 2. The van der Waals surface area contributed by atoms with Gasteiger partial charge < -0.3 is 15.6 Å². The number of carbonyl (C=O) groups excluding carboxylic acids is 1. The summed E-state index contributed by atoms with van der Waals surface area (Å²) in [5.74, 6) is 0.503. The first-order chi connectivity index (χ1) is 8.61. The molecule has 0 bridgehead atoms. The first kappa shape index (κ1) is 12.6. The van der Waals surface area contributed by atoms with Crippen LogP contribution < -0.4 is 11.1 Å². The highest BCUT2D eigenvalue weighted by Gasteiger charge is 2.10. The molecule has 0 saturated carbocycles. The molecule has 5 nitrogen and oxygen atoms in total. The van der Waals surface area contributed by atoms with Gasteiger partial charge in [-0.1, -0.05) is 0 Å². The molecule has 0 atom stereocenters. The number of nitrogens with two attached hydrogens (primary N) is 1. The average Bonchev–Trinajstić information content (AvgIpc) is 2.66. The van der Waals surface area contributed by atoms with Crippen LogP contribution in [-0.4, -0.2) is 22.1 Å². The van der Waals surface area contributed by atoms with Gasteiger partial charge in [0.2, 0.25) is 0 Å². The van der Waals surface area contributed by atoms with E-state index in [9.17, 15) is 9.18 Å². The normalized spacial score (nSPS) is 10.8. The topological polar surface area (TPSA) is 72.9 Å². The zero-order valence-electron chi connectivity index (χ0n) is 9.49. The quantitative estimate of drug-likeness (QED) is 0.828. The SMILES string of the molecule is NC(=O)NCCn1c(CCl)nc2ccc(F)cc21. The van der Waals surface area contributed by atoms with Crippen molar-refractivity contribution in [2.24, 2.45) is 5.73 Å². The van der Waals surface area contributed by atoms with Gasteiger partial charge in [-0.05, 0) is 18.2 Å². The van der Waals surface area contributed by atoms with E-state index in [1.54, 1.807) is 10.6 Å². The van der Waals surface area contributed by atoms with Crippen LogP contribution in [0, 0.1) is 5.82 Å². The van der Waals surface area contributed by atoms with Crippen molar-refractivity contribution in [3.63, 3.8) is 0 Å². The minimum atomic E-state index is -0.599. The van der Waals surface area contributed by atoms with Crippen molar-refractivity contribution < 1.29 is 9.18 Å². The van der Waals surface area contributed by atoms with Crippen LogP contribution in [0.4, 0.5) is 9.18 Å². The Balaban J connectivity index is 2.33. The molecule has 0 radical (unpaired) electrons. The van der Waals surface area contributed by atoms with Crippen LogP contribution in [0.25, 0.3) is 11.0 Å². The Labute approximate surface area is 108 Å². The lowest BCUT2D eigenvalue weighted by Crippen LogP contribution is -2.32. The number of nitrogens with one attached hydrogen (secondary N) is 1. The summed E-state index contributed by atoms with van der Waals surface area (Å²) in [5, 5.41) is 2.47. The van der Waals surface area contributed by atoms with E-state index in [1.807, 2.05) is 0 Å². The molecule has 2 rings (SSSR count). The van der Waals surface area contributed by atoms with Gasteiger partial charge in [-0.3, -0.25) is 0 Å². The number of rotatable bonds is 4. The van der Waals surface area contributed by atoms with Crippen LogP contribution in [-0.2, 0) is 12.4 Å². The van der Waals surface area contributed by atoms with E-state index in [4.69, 9.17) is 17.3 Å². The molecule has 96 valence electrons. The standard InChI is InChI=1S/C11H12ClFN4O/c12-6-10-16-8-2-1-7(13)5-9(8)17(10)4-3-15-11(14)18/h1-2,5H,3-4,6H2,(H3,14,15,18). The van der Waals surface area contributed by atoms with Crippen LogP contribution in [0.1, 0.15) is 5.82 Å². The van der Waals surface area contributed by atoms with Crippen molar-refractivity contribution in [2.45, 2.75) is 12.4 Å². The Morgan fingerprint density at radius 3 is 3.00 bits per heavy atom. The van der Waals surface area contributed by atoms with E-state index < -0.39 is 6.03 Å². The highest BCUT2D eigenvalue weighted by Crippen LogP contribution is 2.18. The Morgan fingerprint density at radius 1 is 1.56 bits per heavy atom. The lowest BCUT2D eigenvalue weighted by Gasteiger charge is -2.07. The number of benzene rings is 1. The second kappa shape index (κ2) is 5.22. The summed E-state index contributed by atoms with van der Waals surface area (Å²) in [6, 6.07) is 3.73. The fraction of sp³-hybridized carbons (Fsp3) is 0.273. The molecule has 0 aliphatic rings. The number of aromatic nitrogens is 2. The van der Waals surface area contributed by atoms with Crippen molar-refractivity contribution >= 4 is 28.7 Å². The van der Waals surface area contributed by atoms with E-state index in [0.29, 0.717) is 29.9 Å². The molecule has 2 amide bonds. The summed E-state index contributed by atoms with van der Waals surface area (Å²) in [6.07, 6.45) is 0. The number of nitrogens with zero attached hydrogens (tertiary/aromatic N) is 2. The van der Waals surface area contributed by atoms with E-state index >= 15 is 0 Å². The predicted octanol–water partition coefficient (Wildman–Crippen LogP) is 1.58. The summed E-state index contributed by atoms with van der Waals surface area (Å²) < 4.78 is 15.0. The zero-order valence-corrected chi connectivity index (χ0v) is 10.2. The van der Waals surface area contributed by atoms with E-state index in [-0.39, 0.29) is 11.7 Å². The molecule has 1 aromatic carbocycles. The molecular formula is C11H12ClFN4O. The van der Waals surface area contributed by atoms with Gasteiger partial charge >= 0.3 is 6.03 Å². The van der Waals surface area contributed by atoms with Gasteiger partial charge in [-0.15, -0.1) is 11.6 Å². The van der Waals surface area contributed by atoms with Gasteiger partial charge in [0.15, 0.2) is 0 Å². The lowest BCUT2D eigenvalue weighted by atomic mass is 10.3. The summed E-state index contributed by atoms with van der Waals surface area (Å²) >= 11 is 5.80. The number of fused-ring (bicyclic) bond motifs is 1. The van der Waals surface area contributed by atoms with Gasteiger partial charge in [0.05, 0.1) is 16.9 Å². The maximum absolute atomic E-state index is 13.2. The first-order valence-electron chi connectivity index (χ1n) is 5.35. The fourth-order valence-corrected chi connectivity index (χ4v) is 1.99. The van der Waals surface area contributed by atoms with Crippen molar-refractivity contribution in [1.29, 1.82) is 0 Å². The molecule has 0 unspecified atom stereocenters. The van der Waals surface area contributed by atoms with Crippen molar-refractivity contribution in [3.8, 4) is 0 Å². The lowest BCUT2D eigenvalue weighted by molar-refractivity contribution is 0.248. The smallest absolute Gasteiger partial charge is 0.312 e. The third-order valence-corrected chi connectivity index (χ3v) is 2.78. The summed E-state index contributed by atoms with van der Waals surface area (Å²) in [7, 11) is 0. The average molecular weight is 271 g/mol. The summed E-state index contributed by atoms with van der Waals surface area (Å²) in [6.45, 7) is 0.770. The fourth-order valence-electron chi connectivity index (χ4n) is 1.79. The Kier molecular flexibility index (Phi) is 3.66. The molecule has 2 aromatic rings. The Morgan fingerprint density at radius 2 is 2.33 bits per heavy atom. The number of carbonyl (C=O) groups is 1. The second-order valence-corrected chi connectivity index (χ2v) is 4.00. The molecule has 1 aromatic heterocycles. The maximum atomic E-state index is 13.2. The predicted molar refractivity (Wildman–Crippen MR) is 66.8 cm³/mol. The molecule has 18 heavy (non-hydrogen) atoms. The minimum Gasteiger partial charge on any atom is -0.352 e. The highest BCUT2D eigenvalue weighted by atomic mass is 35.5. The minimum absolute atomic E-state index is 0.215. The molecular weight excluding hydrogens is 259 g/mol. The Bertz CT molecular complexity index is 584. The third kappa shape index (κ3) is 2.53. The number of hydrogen-bond donors (Lipinski definition) is 2. The third-order valence-electron chi connectivity index (χ3n) is 2.54. The first-order valence-corrected chi connectivity index (χ1v) is 5.89. The summed E-state index contributed by atoms with van der Waals surface area (Å²) in [4.78, 5) is 14.9. The van der Waals surface area contributed by atoms with Crippen LogP contribution in [0.5, 0.6) is 0 Å². The largest absolute Gasteiger partial charge is 0.352 e. The summed E-state index contributed by atoms with van der Waals surface area (Å²) in [5.41, 5.74) is 6.30. The van der Waals surface area contributed by atoms with Crippen molar-refractivity contribution in [1.82, 2.24) is 14.9 Å². The zero-order chi connectivity index (χ0) is 13.1. The molecule has 1 heterocycles. The second-order valence-electron chi connectivity index (χ2n) is 3.74. The molecule has 0 spiro atoms. The molecule has 0 aliphatic heterocycles. The van der Waals surface area contributed by atoms with Crippen molar-refractivity contribution in [2.75, 3.05) is 6.54 Å². The molecule has 0 saturated heterocycles. The van der Waals surface area contributed by atoms with Crippen LogP contribution >= 0.6 is 11.6 Å². The van der Waals surface area contributed by atoms with E-state index in [1.165, 1.54) is 12.1 Å². The molecule has 0 aliphatic carbocycles. The number of imidazole rings is 1. The number of halogens is 2. The van der Waals surface area contributed by atoms with Gasteiger partial charge in [-0.25, -0.2) is 14.2 Å². The van der Waals surface area contributed by atoms with Crippen LogP contribution in [0.3, 0.4) is 0 Å². The number of amides is 2. The maximum Gasteiger partial charge on any atom is 0.312 e. The highest BCUT2D eigenvalue weighted by molar-refractivity contribution is 6.16. The molecule has 3 N–H and O–H groups in total. The van der Waals surface area contributed by atoms with E-state index in [0.717, 1.165) is 0 Å². The molecule has 0 fully saturated rings.